The molecule has 5 atom stereocenters. The second-order valence-electron chi connectivity index (χ2n) is 7.84. The summed E-state index contributed by atoms with van der Waals surface area (Å²) in [7, 11) is 0. The smallest absolute Gasteiger partial charge is 0.323 e. The highest BCUT2D eigenvalue weighted by Gasteiger charge is 2.36. The third-order valence-electron chi connectivity index (χ3n) is 5.01. The highest BCUT2D eigenvalue weighted by Crippen LogP contribution is 2.14. The number of carboxylic acids is 1. The Morgan fingerprint density at radius 2 is 1.53 bits per heavy atom. The highest BCUT2D eigenvalue weighted by molar-refractivity contribution is 5.74. The predicted octanol–water partition coefficient (Wildman–Crippen LogP) is 2.28. The van der Waals surface area contributed by atoms with Gasteiger partial charge in [0.1, 0.15) is 18.2 Å². The largest absolute Gasteiger partial charge is 0.480 e. The average Bonchev–Trinajstić information content (AvgIpc) is 2.69. The van der Waals surface area contributed by atoms with Gasteiger partial charge in [-0.3, -0.25) is 9.59 Å². The first-order chi connectivity index (χ1) is 14.2. The molecule has 0 bridgehead atoms. The molecule has 0 rings (SSSR count). The lowest BCUT2D eigenvalue weighted by Gasteiger charge is -2.27. The first-order valence-electron chi connectivity index (χ1n) is 11.1. The fourth-order valence-electron chi connectivity index (χ4n) is 3.18. The minimum atomic E-state index is -1.74. The van der Waals surface area contributed by atoms with Crippen LogP contribution in [0.15, 0.2) is 12.2 Å². The van der Waals surface area contributed by atoms with Crippen molar-refractivity contribution in [3.05, 3.63) is 12.2 Å². The van der Waals surface area contributed by atoms with E-state index in [1.165, 1.54) is 25.3 Å². The molecular weight excluding hydrogens is 390 g/mol. The number of aliphatic hydroxyl groups excluding tert-OH is 3. The molecule has 0 aromatic heterocycles. The zero-order chi connectivity index (χ0) is 22.9. The number of unbranched alkanes of at least 4 members (excludes halogenated alkanes) is 7. The summed E-state index contributed by atoms with van der Waals surface area (Å²) in [4.78, 5) is 22.1. The summed E-state index contributed by atoms with van der Waals surface area (Å²) in [5.41, 5.74) is 5.36. The number of carboxylic acid groups (broad SMARTS) is 1. The van der Waals surface area contributed by atoms with E-state index in [1.54, 1.807) is 6.08 Å². The maximum atomic E-state index is 11.2. The maximum absolute atomic E-state index is 11.2. The van der Waals surface area contributed by atoms with Gasteiger partial charge in [0.15, 0.2) is 6.10 Å². The van der Waals surface area contributed by atoms with Crippen molar-refractivity contribution in [3.63, 3.8) is 0 Å². The second-order valence-corrected chi connectivity index (χ2v) is 7.84. The van der Waals surface area contributed by atoms with Crippen LogP contribution in [0.4, 0.5) is 0 Å². The summed E-state index contributed by atoms with van der Waals surface area (Å²) in [6.45, 7) is 3.27. The Bertz CT molecular complexity index is 498. The normalized spacial score (nSPS) is 16.7. The number of hydrogen-bond donors (Lipinski definition) is 5. The zero-order valence-corrected chi connectivity index (χ0v) is 18.4. The first-order valence-corrected chi connectivity index (χ1v) is 11.1. The van der Waals surface area contributed by atoms with Crippen molar-refractivity contribution in [2.45, 2.75) is 115 Å². The van der Waals surface area contributed by atoms with Crippen LogP contribution in [0.2, 0.25) is 0 Å². The van der Waals surface area contributed by atoms with Crippen molar-refractivity contribution in [1.29, 1.82) is 0 Å². The molecule has 0 aliphatic carbocycles. The fourth-order valence-corrected chi connectivity index (χ4v) is 3.18. The van der Waals surface area contributed by atoms with Crippen molar-refractivity contribution in [1.82, 2.24) is 0 Å². The first kappa shape index (κ1) is 28.5. The topological polar surface area (TPSA) is 150 Å². The third kappa shape index (κ3) is 13.7. The molecule has 0 saturated carbocycles. The molecular formula is C22H41NO7. The Morgan fingerprint density at radius 1 is 0.967 bits per heavy atom. The molecule has 0 aliphatic rings. The summed E-state index contributed by atoms with van der Waals surface area (Å²) in [5.74, 6) is -2.21. The number of carbonyl (C=O) groups excluding carboxylic acids is 1. The van der Waals surface area contributed by atoms with Crippen LogP contribution in [0.5, 0.6) is 0 Å². The molecule has 8 heteroatoms. The van der Waals surface area contributed by atoms with Gasteiger partial charge in [0.25, 0.3) is 0 Å². The third-order valence-corrected chi connectivity index (χ3v) is 5.01. The molecule has 0 saturated heterocycles. The van der Waals surface area contributed by atoms with E-state index >= 15 is 0 Å². The monoisotopic (exact) mass is 431 g/mol. The van der Waals surface area contributed by atoms with Gasteiger partial charge in [0.05, 0.1) is 6.10 Å². The van der Waals surface area contributed by atoms with Gasteiger partial charge in [-0.1, -0.05) is 64.0 Å². The van der Waals surface area contributed by atoms with E-state index in [-0.39, 0.29) is 6.10 Å². The van der Waals surface area contributed by atoms with Crippen LogP contribution >= 0.6 is 0 Å². The lowest BCUT2D eigenvalue weighted by atomic mass is 10.00. The molecule has 0 spiro atoms. The molecule has 0 radical (unpaired) electrons. The number of aliphatic carboxylic acids is 1. The van der Waals surface area contributed by atoms with E-state index < -0.39 is 36.3 Å². The van der Waals surface area contributed by atoms with Gasteiger partial charge in [-0.15, -0.1) is 0 Å². The Morgan fingerprint density at radius 3 is 2.07 bits per heavy atom. The van der Waals surface area contributed by atoms with E-state index in [1.807, 2.05) is 0 Å². The van der Waals surface area contributed by atoms with E-state index in [2.05, 4.69) is 6.92 Å². The number of nitrogens with two attached hydrogens (primary N) is 1. The van der Waals surface area contributed by atoms with Gasteiger partial charge in [-0.05, 0) is 25.7 Å². The van der Waals surface area contributed by atoms with Crippen molar-refractivity contribution in [2.75, 3.05) is 0 Å². The van der Waals surface area contributed by atoms with Gasteiger partial charge >= 0.3 is 11.9 Å². The molecule has 6 N–H and O–H groups in total. The average molecular weight is 432 g/mol. The second kappa shape index (κ2) is 17.2. The molecule has 0 amide bonds. The number of allylic oxidation sites excluding steroid dienone is 1. The standard InChI is InChI=1S/C22H41NO7/c1-3-4-5-10-13-17(25)14-11-8-6-7-9-12-15-18(26)21(30-16(2)24)20(27)19(23)22(28)29/h12,15,17-21,25-27H,3-11,13-14,23H2,1-2H3,(H,28,29). The molecule has 5 unspecified atom stereocenters. The van der Waals surface area contributed by atoms with Crippen LogP contribution in [0.1, 0.15) is 84.5 Å². The number of carbonyl (C=O) groups is 2. The molecule has 0 aliphatic heterocycles. The highest BCUT2D eigenvalue weighted by atomic mass is 16.6. The minimum Gasteiger partial charge on any atom is -0.480 e. The van der Waals surface area contributed by atoms with Gasteiger partial charge in [0.2, 0.25) is 0 Å². The van der Waals surface area contributed by atoms with Crippen molar-refractivity contribution >= 4 is 11.9 Å². The number of hydrogen-bond acceptors (Lipinski definition) is 7. The number of aliphatic hydroxyl groups is 3. The SMILES string of the molecule is CCCCCCC(O)CCCCCCC=CC(O)C(OC(C)=O)C(O)C(N)C(=O)O. The summed E-state index contributed by atoms with van der Waals surface area (Å²) < 4.78 is 4.86. The van der Waals surface area contributed by atoms with Crippen LogP contribution in [-0.2, 0) is 14.3 Å². The van der Waals surface area contributed by atoms with Crippen molar-refractivity contribution in [2.24, 2.45) is 5.73 Å². The van der Waals surface area contributed by atoms with Crippen LogP contribution in [0.3, 0.4) is 0 Å². The lowest BCUT2D eigenvalue weighted by molar-refractivity contribution is -0.164. The summed E-state index contributed by atoms with van der Waals surface area (Å²) in [5, 5.41) is 39.0. The molecule has 0 aromatic rings. The van der Waals surface area contributed by atoms with Crippen LogP contribution in [0.25, 0.3) is 0 Å². The Hall–Kier alpha value is -1.48. The van der Waals surface area contributed by atoms with Gasteiger partial charge in [-0.2, -0.15) is 0 Å². The minimum absolute atomic E-state index is 0.210. The number of ether oxygens (including phenoxy) is 1. The summed E-state index contributed by atoms with van der Waals surface area (Å²) in [6, 6.07) is -1.68. The Balaban J connectivity index is 4.13. The predicted molar refractivity (Wildman–Crippen MR) is 115 cm³/mol. The van der Waals surface area contributed by atoms with E-state index in [0.717, 1.165) is 51.9 Å². The quantitative estimate of drug-likeness (QED) is 0.126. The summed E-state index contributed by atoms with van der Waals surface area (Å²) >= 11 is 0. The molecule has 0 aromatic carbocycles. The van der Waals surface area contributed by atoms with Crippen LogP contribution < -0.4 is 5.73 Å². The maximum Gasteiger partial charge on any atom is 0.323 e. The van der Waals surface area contributed by atoms with Gasteiger partial charge in [0, 0.05) is 6.92 Å². The number of esters is 1. The van der Waals surface area contributed by atoms with Crippen LogP contribution in [-0.4, -0.2) is 62.8 Å². The molecule has 30 heavy (non-hydrogen) atoms. The molecule has 8 nitrogen and oxygen atoms in total. The Kier molecular flexibility index (Phi) is 16.4. The summed E-state index contributed by atoms with van der Waals surface area (Å²) in [6.07, 6.45) is 9.29. The molecule has 176 valence electrons. The Labute approximate surface area is 180 Å². The zero-order valence-electron chi connectivity index (χ0n) is 18.4. The van der Waals surface area contributed by atoms with E-state index in [4.69, 9.17) is 15.6 Å². The molecule has 0 heterocycles. The van der Waals surface area contributed by atoms with Crippen molar-refractivity contribution in [3.8, 4) is 0 Å². The van der Waals surface area contributed by atoms with Crippen LogP contribution in [0, 0.1) is 0 Å². The van der Waals surface area contributed by atoms with Gasteiger partial charge < -0.3 is 30.9 Å². The van der Waals surface area contributed by atoms with E-state index in [0.29, 0.717) is 6.42 Å². The number of rotatable bonds is 18. The lowest BCUT2D eigenvalue weighted by Crippen LogP contribution is -2.53. The van der Waals surface area contributed by atoms with E-state index in [9.17, 15) is 24.9 Å². The van der Waals surface area contributed by atoms with Crippen molar-refractivity contribution < 1.29 is 34.8 Å². The fraction of sp³-hybridized carbons (Fsp3) is 0.818. The molecule has 0 fully saturated rings. The van der Waals surface area contributed by atoms with Gasteiger partial charge in [-0.25, -0.2) is 0 Å².